The second-order valence-corrected chi connectivity index (χ2v) is 34.0. The molecule has 0 aliphatic carbocycles. The van der Waals surface area contributed by atoms with E-state index in [9.17, 15) is 161 Å². The molecule has 141 heavy (non-hydrogen) atoms. The summed E-state index contributed by atoms with van der Waals surface area (Å²) >= 11 is 0. The summed E-state index contributed by atoms with van der Waals surface area (Å²) in [5, 5.41) is 129. The van der Waals surface area contributed by atoms with Gasteiger partial charge in [0.05, 0.1) is 96.4 Å². The number of hydrogen-bond donors (Lipinski definition) is 26. The number of amides is 14. The second-order valence-electron chi connectivity index (χ2n) is 34.0. The molecule has 0 radical (unpaired) electrons. The van der Waals surface area contributed by atoms with Gasteiger partial charge in [-0.15, -0.1) is 0 Å². The Morgan fingerprint density at radius 2 is 0.638 bits per heavy atom. The molecule has 0 aromatic carbocycles. The third kappa shape index (κ3) is 64.4. The highest BCUT2D eigenvalue weighted by molar-refractivity contribution is 6.01. The molecule has 10 unspecified atom stereocenters. The summed E-state index contributed by atoms with van der Waals surface area (Å²) in [5.74, 6) is -30.0. The van der Waals surface area contributed by atoms with E-state index in [1.807, 2.05) is 31.9 Å². The molecule has 10 atom stereocenters. The first kappa shape index (κ1) is 127. The van der Waals surface area contributed by atoms with Crippen LogP contribution in [0.5, 0.6) is 0 Å². The zero-order valence-corrected chi connectivity index (χ0v) is 80.1. The summed E-state index contributed by atoms with van der Waals surface area (Å²) < 4.78 is 21.6. The number of carbonyl (C=O) groups is 24. The van der Waals surface area contributed by atoms with E-state index in [2.05, 4.69) is 47.9 Å². The first-order valence-corrected chi connectivity index (χ1v) is 46.1. The number of carbonyl (C=O) groups excluding carboxylic acids is 14. The fourth-order valence-corrected chi connectivity index (χ4v) is 13.2. The van der Waals surface area contributed by atoms with Crippen LogP contribution >= 0.6 is 0 Å². The molecule has 0 aromatic heterocycles. The lowest BCUT2D eigenvalue weighted by atomic mass is 9.88. The van der Waals surface area contributed by atoms with Crippen LogP contribution in [0, 0.1) is 11.3 Å². The molecule has 54 heteroatoms. The first-order chi connectivity index (χ1) is 66.4. The van der Waals surface area contributed by atoms with Crippen molar-refractivity contribution in [2.75, 3.05) is 92.1 Å². The van der Waals surface area contributed by atoms with Crippen molar-refractivity contribution in [2.24, 2.45) is 17.1 Å². The molecule has 14 amide bonds. The third-order valence-electron chi connectivity index (χ3n) is 20.6. The Morgan fingerprint density at radius 3 is 1.04 bits per heavy atom. The number of allylic oxidation sites excluding steroid dienone is 1. The van der Waals surface area contributed by atoms with Crippen molar-refractivity contribution in [3.8, 4) is 0 Å². The number of rotatable bonds is 85. The largest absolute Gasteiger partial charge is 0.481 e. The van der Waals surface area contributed by atoms with Gasteiger partial charge in [-0.1, -0.05) is 84.0 Å². The molecular weight excluding hydrogens is 1880 g/mol. The predicted molar refractivity (Wildman–Crippen MR) is 489 cm³/mol. The quantitative estimate of drug-likeness (QED) is 0.0262. The van der Waals surface area contributed by atoms with E-state index in [0.29, 0.717) is 44.3 Å². The van der Waals surface area contributed by atoms with Crippen molar-refractivity contribution in [1.82, 2.24) is 79.8 Å². The van der Waals surface area contributed by atoms with Crippen LogP contribution in [0.4, 0.5) is 0 Å². The maximum atomic E-state index is 13.6. The fraction of sp³-hybridized carbons (Fsp3) is 0.701. The van der Waals surface area contributed by atoms with Crippen LogP contribution in [0.25, 0.3) is 0 Å². The number of nitrogens with two attached hydrogens (primary N) is 1. The highest BCUT2D eigenvalue weighted by atomic mass is 16.5. The fourth-order valence-electron chi connectivity index (χ4n) is 13.2. The van der Waals surface area contributed by atoms with Crippen molar-refractivity contribution in [2.45, 2.75) is 288 Å². The number of nitrogens with one attached hydrogen (secondary N) is 15. The van der Waals surface area contributed by atoms with Gasteiger partial charge in [0.1, 0.15) is 67.1 Å². The molecule has 0 spiro atoms. The van der Waals surface area contributed by atoms with Crippen LogP contribution in [0.3, 0.4) is 0 Å². The van der Waals surface area contributed by atoms with E-state index in [1.165, 1.54) is 20.0 Å². The zero-order chi connectivity index (χ0) is 107. The molecule has 0 aliphatic heterocycles. The van der Waals surface area contributed by atoms with Crippen molar-refractivity contribution < 1.29 is 185 Å². The normalized spacial score (nSPS) is 13.5. The number of ether oxygens (including phenoxy) is 4. The maximum Gasteiger partial charge on any atom is 0.326 e. The molecule has 798 valence electrons. The highest BCUT2D eigenvalue weighted by Crippen LogP contribution is 2.23. The minimum atomic E-state index is -2.26. The van der Waals surface area contributed by atoms with E-state index >= 15 is 0 Å². The van der Waals surface area contributed by atoms with Crippen molar-refractivity contribution in [1.29, 1.82) is 0 Å². The molecule has 0 bridgehead atoms. The Kier molecular flexibility index (Phi) is 65.7. The molecule has 0 heterocycles. The summed E-state index contributed by atoms with van der Waals surface area (Å²) in [6.07, 6.45) is 7.91. The Bertz CT molecular complexity index is 4140. The van der Waals surface area contributed by atoms with Crippen LogP contribution in [0.1, 0.15) is 234 Å². The highest BCUT2D eigenvalue weighted by Gasteiger charge is 2.42. The van der Waals surface area contributed by atoms with Crippen molar-refractivity contribution in [3.63, 3.8) is 0 Å². The minimum absolute atomic E-state index is 0.0102. The van der Waals surface area contributed by atoms with Crippen LogP contribution in [0.15, 0.2) is 11.9 Å². The van der Waals surface area contributed by atoms with Gasteiger partial charge < -0.3 is 155 Å². The molecule has 0 rings (SSSR count). The van der Waals surface area contributed by atoms with Gasteiger partial charge in [0.15, 0.2) is 0 Å². The number of carboxylic acid groups (broad SMARTS) is 10. The van der Waals surface area contributed by atoms with Crippen LogP contribution in [-0.2, 0) is 134 Å². The van der Waals surface area contributed by atoms with Gasteiger partial charge in [-0.25, -0.2) is 4.79 Å². The number of unbranched alkanes of at least 4 members (excludes halogenated alkanes) is 15. The van der Waals surface area contributed by atoms with Gasteiger partial charge in [-0.2, -0.15) is 0 Å². The van der Waals surface area contributed by atoms with E-state index in [1.54, 1.807) is 0 Å². The summed E-state index contributed by atoms with van der Waals surface area (Å²) in [5.41, 5.74) is 2.86. The predicted octanol–water partition coefficient (Wildman–Crippen LogP) is -3.60. The Hall–Kier alpha value is -13.5. The zero-order valence-electron chi connectivity index (χ0n) is 80.1. The standard InChI is InChI=1S/C87H142N16O38/c1-52(40-67(109)110)75(125)97-59(43-70(115)116)79(129)100-60(44-71(117)118)80(130)98-57(41-68(111)112)77(127)93-32-34-138-36-38-140-50-65(107)91-29-23-20-24-55(76(126)92-30-22-17-13-9-6-10-14-18-25-63(105)90-28-21-16-12-8-7-11-15-19-26-64(106)96-56(83(133)134)27-31-89-49-54(88)47-86(3,4)85(136)137)95-66(108)51-141-39-37-139-35-33-94-78(128)58(42-69(113)114)99-81(131)61(45-72(119)120)101-82(132)62(46-73(121)122)102-84(135)87(5,48-74(123)124)103-53(2)104/h49,52,55-62,89H,6-48,50-51,88H2,1-5H3,(H,90,105)(H,91,107)(H,92,126)(H,93,127)(H,94,128)(H,95,108)(H,96,106)(H,97,125)(H,98,130)(H,99,131)(H,100,129)(H,101,132)(H,102,135)(H,103,104)(H,109,110)(H,111,112)(H,113,114)(H,115,116)(H,117,118)(H,119,120)(H,121,122)(H,123,124)(H,133,134)(H,136,137)/b54-49-. The average Bonchev–Trinajstić information content (AvgIpc) is 0.828. The smallest absolute Gasteiger partial charge is 0.326 e. The Morgan fingerprint density at radius 1 is 0.305 bits per heavy atom. The molecule has 0 aliphatic rings. The van der Waals surface area contributed by atoms with Crippen LogP contribution in [0.2, 0.25) is 0 Å². The van der Waals surface area contributed by atoms with Gasteiger partial charge in [-0.05, 0) is 72.1 Å². The molecule has 0 aromatic rings. The second kappa shape index (κ2) is 72.7. The molecular formula is C87H142N16O38. The monoisotopic (exact) mass is 2020 g/mol. The summed E-state index contributed by atoms with van der Waals surface area (Å²) in [4.78, 5) is 297. The van der Waals surface area contributed by atoms with Crippen LogP contribution < -0.4 is 85.5 Å². The van der Waals surface area contributed by atoms with Gasteiger partial charge in [-0.3, -0.25) is 110 Å². The van der Waals surface area contributed by atoms with Crippen LogP contribution in [-0.4, -0.2) is 339 Å². The van der Waals surface area contributed by atoms with E-state index in [4.69, 9.17) is 29.8 Å². The Labute approximate surface area is 812 Å². The lowest BCUT2D eigenvalue weighted by Crippen LogP contribution is -2.62. The van der Waals surface area contributed by atoms with E-state index in [0.717, 1.165) is 111 Å². The lowest BCUT2D eigenvalue weighted by molar-refractivity contribution is -0.147. The molecule has 0 fully saturated rings. The van der Waals surface area contributed by atoms with Gasteiger partial charge >= 0.3 is 59.7 Å². The SMILES string of the molecule is CC(=O)NC(C)(CC(=O)O)C(=O)NC(CC(=O)O)C(=O)NC(CC(=O)O)C(=O)NC(CC(=O)O)C(=O)NCCOCCOCC(=O)NC(CCCCNC(=O)COCCOCCNC(=O)C(CC(=O)O)NC(=O)C(CC(=O)O)NC(=O)C(CC(=O)O)NC(=O)C(C)CC(=O)O)C(=O)NCCCCCCCCCCC(=O)NCCCCCCCCCCC(=O)NC(CCN/C=C(\N)CC(C)(C)C(=O)O)C(=O)O. The molecule has 0 saturated heterocycles. The lowest BCUT2D eigenvalue weighted by Gasteiger charge is -2.30. The maximum absolute atomic E-state index is 13.6. The van der Waals surface area contributed by atoms with Gasteiger partial charge in [0.2, 0.25) is 82.7 Å². The summed E-state index contributed by atoms with van der Waals surface area (Å²) in [7, 11) is 0. The Balaban J connectivity index is 5.55. The summed E-state index contributed by atoms with van der Waals surface area (Å²) in [6, 6.07) is -14.3. The number of aliphatic carboxylic acids is 10. The van der Waals surface area contributed by atoms with Gasteiger partial charge in [0.25, 0.3) is 0 Å². The molecule has 27 N–H and O–H groups in total. The average molecular weight is 2020 g/mol. The molecule has 0 saturated carbocycles. The number of hydrogen-bond acceptors (Lipinski definition) is 30. The summed E-state index contributed by atoms with van der Waals surface area (Å²) in [6.45, 7) is 4.32. The topological polar surface area (TPSA) is 855 Å². The number of carboxylic acids is 10. The van der Waals surface area contributed by atoms with E-state index in [-0.39, 0.29) is 110 Å². The first-order valence-electron chi connectivity index (χ1n) is 46.1. The van der Waals surface area contributed by atoms with E-state index < -0.39 is 260 Å². The molecule has 54 nitrogen and oxygen atoms in total. The third-order valence-corrected chi connectivity index (χ3v) is 20.6. The van der Waals surface area contributed by atoms with Gasteiger partial charge in [0, 0.05) is 83.3 Å². The minimum Gasteiger partial charge on any atom is -0.481 e. The van der Waals surface area contributed by atoms with Crippen molar-refractivity contribution >= 4 is 142 Å². The van der Waals surface area contributed by atoms with Crippen molar-refractivity contribution in [3.05, 3.63) is 11.9 Å².